The third kappa shape index (κ3) is 2.50. The smallest absolute Gasteiger partial charge is 0.312 e. The summed E-state index contributed by atoms with van der Waals surface area (Å²) in [7, 11) is 0. The zero-order valence-corrected chi connectivity index (χ0v) is 10.2. The second-order valence-corrected chi connectivity index (χ2v) is 4.60. The highest BCUT2D eigenvalue weighted by Crippen LogP contribution is 2.49. The van der Waals surface area contributed by atoms with Gasteiger partial charge in [-0.1, -0.05) is 12.1 Å². The Kier molecular flexibility index (Phi) is 3.32. The molecular formula is C13H15NO4. The molecule has 0 aromatic heterocycles. The molecule has 0 unspecified atom stereocenters. The second-order valence-electron chi connectivity index (χ2n) is 4.60. The first-order valence-electron chi connectivity index (χ1n) is 5.98. The SMILES string of the molecule is CCOC(=O)C1(Cc2ccc([N+](=O)[O-])cc2)CC1. The van der Waals surface area contributed by atoms with E-state index in [1.54, 1.807) is 19.1 Å². The molecule has 18 heavy (non-hydrogen) atoms. The fourth-order valence-corrected chi connectivity index (χ4v) is 2.01. The van der Waals surface area contributed by atoms with Gasteiger partial charge in [0, 0.05) is 12.1 Å². The van der Waals surface area contributed by atoms with Gasteiger partial charge >= 0.3 is 5.97 Å². The second kappa shape index (κ2) is 4.76. The Balaban J connectivity index is 2.05. The van der Waals surface area contributed by atoms with Crippen molar-refractivity contribution in [2.45, 2.75) is 26.2 Å². The molecule has 1 aliphatic carbocycles. The highest BCUT2D eigenvalue weighted by Gasteiger charge is 2.50. The van der Waals surface area contributed by atoms with Crippen molar-refractivity contribution in [3.05, 3.63) is 39.9 Å². The van der Waals surface area contributed by atoms with Crippen LogP contribution in [-0.2, 0) is 16.0 Å². The van der Waals surface area contributed by atoms with Crippen LogP contribution in [0.3, 0.4) is 0 Å². The number of carbonyl (C=O) groups is 1. The molecule has 0 heterocycles. The minimum atomic E-state index is -0.429. The first kappa shape index (κ1) is 12.5. The van der Waals surface area contributed by atoms with Crippen LogP contribution >= 0.6 is 0 Å². The first-order chi connectivity index (χ1) is 8.57. The molecule has 5 heteroatoms. The van der Waals surface area contributed by atoms with Crippen LogP contribution in [0.5, 0.6) is 0 Å². The highest BCUT2D eigenvalue weighted by atomic mass is 16.6. The van der Waals surface area contributed by atoms with E-state index in [0.29, 0.717) is 13.0 Å². The van der Waals surface area contributed by atoms with Crippen molar-refractivity contribution in [3.63, 3.8) is 0 Å². The lowest BCUT2D eigenvalue weighted by molar-refractivity contribution is -0.384. The van der Waals surface area contributed by atoms with Crippen molar-refractivity contribution < 1.29 is 14.5 Å². The Morgan fingerprint density at radius 1 is 1.39 bits per heavy atom. The van der Waals surface area contributed by atoms with Crippen LogP contribution in [0.2, 0.25) is 0 Å². The molecule has 0 spiro atoms. The summed E-state index contributed by atoms with van der Waals surface area (Å²) in [4.78, 5) is 21.9. The summed E-state index contributed by atoms with van der Waals surface area (Å²) in [6.45, 7) is 2.18. The summed E-state index contributed by atoms with van der Waals surface area (Å²) >= 11 is 0. The lowest BCUT2D eigenvalue weighted by Crippen LogP contribution is -2.21. The summed E-state index contributed by atoms with van der Waals surface area (Å²) in [5.41, 5.74) is 0.623. The van der Waals surface area contributed by atoms with Gasteiger partial charge in [-0.15, -0.1) is 0 Å². The van der Waals surface area contributed by atoms with Crippen molar-refractivity contribution in [2.75, 3.05) is 6.61 Å². The summed E-state index contributed by atoms with van der Waals surface area (Å²) in [5, 5.41) is 10.5. The number of non-ortho nitro benzene ring substituents is 1. The van der Waals surface area contributed by atoms with Gasteiger partial charge in [-0.25, -0.2) is 0 Å². The van der Waals surface area contributed by atoms with Crippen LogP contribution in [0.15, 0.2) is 24.3 Å². The van der Waals surface area contributed by atoms with Crippen LogP contribution in [0.25, 0.3) is 0 Å². The molecule has 0 N–H and O–H groups in total. The van der Waals surface area contributed by atoms with Gasteiger partial charge in [0.25, 0.3) is 5.69 Å². The van der Waals surface area contributed by atoms with E-state index in [9.17, 15) is 14.9 Å². The van der Waals surface area contributed by atoms with Crippen molar-refractivity contribution in [2.24, 2.45) is 5.41 Å². The molecule has 0 atom stereocenters. The molecule has 1 aliphatic rings. The molecule has 1 fully saturated rings. The number of nitro benzene ring substituents is 1. The molecule has 0 saturated heterocycles. The van der Waals surface area contributed by atoms with E-state index in [1.165, 1.54) is 12.1 Å². The minimum absolute atomic E-state index is 0.0692. The van der Waals surface area contributed by atoms with Crippen molar-refractivity contribution in [1.29, 1.82) is 0 Å². The zero-order chi connectivity index (χ0) is 13.2. The standard InChI is InChI=1S/C13H15NO4/c1-2-18-12(15)13(7-8-13)9-10-3-5-11(6-4-10)14(16)17/h3-6H,2,7-9H2,1H3. The molecule has 0 aliphatic heterocycles. The summed E-state index contributed by atoms with van der Waals surface area (Å²) in [6, 6.07) is 6.35. The average molecular weight is 249 g/mol. The van der Waals surface area contributed by atoms with Crippen LogP contribution in [0, 0.1) is 15.5 Å². The van der Waals surface area contributed by atoms with Crippen molar-refractivity contribution in [1.82, 2.24) is 0 Å². The maximum absolute atomic E-state index is 11.8. The minimum Gasteiger partial charge on any atom is -0.466 e. The van der Waals surface area contributed by atoms with Gasteiger partial charge in [0.05, 0.1) is 16.9 Å². The van der Waals surface area contributed by atoms with Gasteiger partial charge in [-0.3, -0.25) is 14.9 Å². The number of benzene rings is 1. The Hall–Kier alpha value is -1.91. The fraction of sp³-hybridized carbons (Fsp3) is 0.462. The van der Waals surface area contributed by atoms with E-state index < -0.39 is 4.92 Å². The monoisotopic (exact) mass is 249 g/mol. The number of nitrogens with zero attached hydrogens (tertiary/aromatic N) is 1. The number of carbonyl (C=O) groups excluding carboxylic acids is 1. The van der Waals surface area contributed by atoms with E-state index in [-0.39, 0.29) is 17.1 Å². The molecule has 5 nitrogen and oxygen atoms in total. The maximum Gasteiger partial charge on any atom is 0.312 e. The molecule has 1 saturated carbocycles. The molecule has 0 amide bonds. The number of esters is 1. The normalized spacial score (nSPS) is 16.1. The number of hydrogen-bond donors (Lipinski definition) is 0. The van der Waals surface area contributed by atoms with Gasteiger partial charge in [0.2, 0.25) is 0 Å². The quantitative estimate of drug-likeness (QED) is 0.456. The lowest BCUT2D eigenvalue weighted by atomic mass is 9.96. The fourth-order valence-electron chi connectivity index (χ4n) is 2.01. The van der Waals surface area contributed by atoms with Gasteiger partial charge in [-0.05, 0) is 31.7 Å². The largest absolute Gasteiger partial charge is 0.466 e. The highest BCUT2D eigenvalue weighted by molar-refractivity contribution is 5.80. The molecular weight excluding hydrogens is 234 g/mol. The van der Waals surface area contributed by atoms with E-state index in [2.05, 4.69) is 0 Å². The predicted molar refractivity (Wildman–Crippen MR) is 65.1 cm³/mol. The molecule has 0 bridgehead atoms. The van der Waals surface area contributed by atoms with E-state index in [4.69, 9.17) is 4.74 Å². The number of ether oxygens (including phenoxy) is 1. The van der Waals surface area contributed by atoms with E-state index in [1.807, 2.05) is 0 Å². The van der Waals surface area contributed by atoms with Gasteiger partial charge < -0.3 is 4.74 Å². The average Bonchev–Trinajstić information content (AvgIpc) is 3.11. The zero-order valence-electron chi connectivity index (χ0n) is 10.2. The Morgan fingerprint density at radius 2 is 2.00 bits per heavy atom. The predicted octanol–water partition coefficient (Wildman–Crippen LogP) is 2.48. The Morgan fingerprint density at radius 3 is 2.44 bits per heavy atom. The lowest BCUT2D eigenvalue weighted by Gasteiger charge is -2.13. The molecule has 0 radical (unpaired) electrons. The maximum atomic E-state index is 11.8. The third-order valence-corrected chi connectivity index (χ3v) is 3.25. The van der Waals surface area contributed by atoms with Crippen molar-refractivity contribution >= 4 is 11.7 Å². The molecule has 96 valence electrons. The van der Waals surface area contributed by atoms with Crippen LogP contribution < -0.4 is 0 Å². The van der Waals surface area contributed by atoms with Crippen LogP contribution in [0.4, 0.5) is 5.69 Å². The molecule has 1 aromatic rings. The van der Waals surface area contributed by atoms with Gasteiger partial charge in [-0.2, -0.15) is 0 Å². The number of rotatable bonds is 5. The summed E-state index contributed by atoms with van der Waals surface area (Å²) in [5.74, 6) is -0.150. The number of nitro groups is 1. The topological polar surface area (TPSA) is 69.4 Å². The van der Waals surface area contributed by atoms with Crippen molar-refractivity contribution in [3.8, 4) is 0 Å². The molecule has 1 aromatic carbocycles. The van der Waals surface area contributed by atoms with E-state index >= 15 is 0 Å². The van der Waals surface area contributed by atoms with E-state index in [0.717, 1.165) is 18.4 Å². The third-order valence-electron chi connectivity index (χ3n) is 3.25. The first-order valence-corrected chi connectivity index (χ1v) is 5.98. The van der Waals surface area contributed by atoms with Gasteiger partial charge in [0.1, 0.15) is 0 Å². The Labute approximate surface area is 105 Å². The van der Waals surface area contributed by atoms with Crippen LogP contribution in [0.1, 0.15) is 25.3 Å². The molecule has 2 rings (SSSR count). The number of hydrogen-bond acceptors (Lipinski definition) is 4. The van der Waals surface area contributed by atoms with Gasteiger partial charge in [0.15, 0.2) is 0 Å². The summed E-state index contributed by atoms with van der Waals surface area (Å²) in [6.07, 6.45) is 2.27. The summed E-state index contributed by atoms with van der Waals surface area (Å²) < 4.78 is 5.06. The van der Waals surface area contributed by atoms with Crippen LogP contribution in [-0.4, -0.2) is 17.5 Å². The Bertz CT molecular complexity index is 462.